The normalized spacial score (nSPS) is 21.6. The molecule has 0 N–H and O–H groups in total. The number of hydrogen-bond acceptors (Lipinski definition) is 5. The molecule has 0 aromatic rings. The van der Waals surface area contributed by atoms with Crippen LogP contribution >= 0.6 is 0 Å². The van der Waals surface area contributed by atoms with Gasteiger partial charge in [-0.25, -0.2) is 8.42 Å². The molecule has 18 heavy (non-hydrogen) atoms. The molecule has 1 unspecified atom stereocenters. The summed E-state index contributed by atoms with van der Waals surface area (Å²) in [5.41, 5.74) is 0. The van der Waals surface area contributed by atoms with E-state index in [0.29, 0.717) is 19.3 Å². The van der Waals surface area contributed by atoms with Crippen LogP contribution < -0.4 is 0 Å². The molecule has 0 radical (unpaired) electrons. The highest BCUT2D eigenvalue weighted by molar-refractivity contribution is 7.91. The molecule has 1 amide bonds. The Morgan fingerprint density at radius 1 is 1.39 bits per heavy atom. The van der Waals surface area contributed by atoms with Gasteiger partial charge >= 0.3 is 5.97 Å². The van der Waals surface area contributed by atoms with E-state index in [4.69, 9.17) is 0 Å². The third-order valence-electron chi connectivity index (χ3n) is 2.96. The molecule has 104 valence electrons. The first-order chi connectivity index (χ1) is 8.39. The summed E-state index contributed by atoms with van der Waals surface area (Å²) >= 11 is 0. The number of rotatable bonds is 5. The van der Waals surface area contributed by atoms with E-state index in [1.807, 2.05) is 6.92 Å². The molecule has 0 aromatic heterocycles. The number of hydrogen-bond donors (Lipinski definition) is 0. The summed E-state index contributed by atoms with van der Waals surface area (Å²) < 4.78 is 27.4. The zero-order valence-corrected chi connectivity index (χ0v) is 11.5. The van der Waals surface area contributed by atoms with Gasteiger partial charge in [-0.1, -0.05) is 6.92 Å². The molecular weight excluding hydrogens is 258 g/mol. The highest BCUT2D eigenvalue weighted by Crippen LogP contribution is 2.19. The van der Waals surface area contributed by atoms with E-state index in [1.54, 1.807) is 0 Å². The van der Waals surface area contributed by atoms with Crippen LogP contribution in [0.1, 0.15) is 26.2 Å². The molecule has 1 fully saturated rings. The summed E-state index contributed by atoms with van der Waals surface area (Å²) in [6.45, 7) is 1.69. The van der Waals surface area contributed by atoms with E-state index in [0.717, 1.165) is 0 Å². The maximum absolute atomic E-state index is 11.9. The topological polar surface area (TPSA) is 80.8 Å². The molecule has 7 heteroatoms. The predicted molar refractivity (Wildman–Crippen MR) is 65.7 cm³/mol. The molecule has 0 aromatic carbocycles. The third-order valence-corrected chi connectivity index (χ3v) is 4.71. The van der Waals surface area contributed by atoms with Gasteiger partial charge in [0.05, 0.1) is 18.6 Å². The molecular formula is C11H19NO5S. The average molecular weight is 277 g/mol. The van der Waals surface area contributed by atoms with E-state index >= 15 is 0 Å². The minimum Gasteiger partial charge on any atom is -0.468 e. The van der Waals surface area contributed by atoms with Crippen molar-refractivity contribution in [2.45, 2.75) is 32.2 Å². The van der Waals surface area contributed by atoms with Crippen LogP contribution in [0.2, 0.25) is 0 Å². The number of sulfone groups is 1. The SMILES string of the molecule is CCCC(=O)N(CC(=O)OC)C1CCS(=O)(=O)C1. The maximum atomic E-state index is 11.9. The van der Waals surface area contributed by atoms with E-state index in [1.165, 1.54) is 12.0 Å². The molecule has 6 nitrogen and oxygen atoms in total. The number of carbonyl (C=O) groups excluding carboxylic acids is 2. The Morgan fingerprint density at radius 3 is 2.50 bits per heavy atom. The van der Waals surface area contributed by atoms with Gasteiger partial charge in [-0.2, -0.15) is 0 Å². The van der Waals surface area contributed by atoms with Crippen LogP contribution in [0.15, 0.2) is 0 Å². The second-order valence-electron chi connectivity index (χ2n) is 4.40. The highest BCUT2D eigenvalue weighted by atomic mass is 32.2. The molecule has 0 saturated carbocycles. The number of amides is 1. The van der Waals surface area contributed by atoms with Crippen molar-refractivity contribution in [1.29, 1.82) is 0 Å². The van der Waals surface area contributed by atoms with Crippen molar-refractivity contribution in [1.82, 2.24) is 4.90 Å². The number of esters is 1. The predicted octanol–water partition coefficient (Wildman–Crippen LogP) is -0.0248. The molecule has 1 saturated heterocycles. The number of ether oxygens (including phenoxy) is 1. The first-order valence-electron chi connectivity index (χ1n) is 5.96. The number of carbonyl (C=O) groups is 2. The summed E-state index contributed by atoms with van der Waals surface area (Å²) in [5, 5.41) is 0. The Balaban J connectivity index is 2.77. The van der Waals surface area contributed by atoms with Crippen molar-refractivity contribution >= 4 is 21.7 Å². The second-order valence-corrected chi connectivity index (χ2v) is 6.63. The molecule has 0 bridgehead atoms. The Kier molecular flexibility index (Phi) is 5.13. The molecule has 1 atom stereocenters. The van der Waals surface area contributed by atoms with Gasteiger partial charge < -0.3 is 9.64 Å². The third kappa shape index (κ3) is 3.97. The lowest BCUT2D eigenvalue weighted by atomic mass is 10.2. The standard InChI is InChI=1S/C11H19NO5S/c1-3-4-10(13)12(7-11(14)17-2)9-5-6-18(15,16)8-9/h9H,3-8H2,1-2H3. The van der Waals surface area contributed by atoms with Gasteiger partial charge in [0, 0.05) is 12.5 Å². The minimum atomic E-state index is -3.08. The molecule has 1 rings (SSSR count). The summed E-state index contributed by atoms with van der Waals surface area (Å²) in [7, 11) is -1.83. The number of methoxy groups -OCH3 is 1. The molecule has 0 aliphatic carbocycles. The van der Waals surface area contributed by atoms with Crippen LogP contribution in [0.25, 0.3) is 0 Å². The maximum Gasteiger partial charge on any atom is 0.325 e. The molecule has 1 heterocycles. The van der Waals surface area contributed by atoms with Gasteiger partial charge in [0.2, 0.25) is 5.91 Å². The van der Waals surface area contributed by atoms with Crippen LogP contribution in [0.3, 0.4) is 0 Å². The van der Waals surface area contributed by atoms with Crippen molar-refractivity contribution in [3.8, 4) is 0 Å². The zero-order chi connectivity index (χ0) is 13.8. The smallest absolute Gasteiger partial charge is 0.325 e. The van der Waals surface area contributed by atoms with E-state index in [9.17, 15) is 18.0 Å². The second kappa shape index (κ2) is 6.17. The summed E-state index contributed by atoms with van der Waals surface area (Å²) in [4.78, 5) is 24.5. The fourth-order valence-electron chi connectivity index (χ4n) is 2.00. The van der Waals surface area contributed by atoms with Crippen LogP contribution in [0.4, 0.5) is 0 Å². The first-order valence-corrected chi connectivity index (χ1v) is 7.78. The lowest BCUT2D eigenvalue weighted by Crippen LogP contribution is -2.44. The van der Waals surface area contributed by atoms with Gasteiger partial charge in [0.1, 0.15) is 6.54 Å². The minimum absolute atomic E-state index is 0.0561. The highest BCUT2D eigenvalue weighted by Gasteiger charge is 2.35. The summed E-state index contributed by atoms with van der Waals surface area (Å²) in [6.07, 6.45) is 1.37. The van der Waals surface area contributed by atoms with Gasteiger partial charge in [-0.15, -0.1) is 0 Å². The molecule has 1 aliphatic heterocycles. The van der Waals surface area contributed by atoms with Crippen LogP contribution in [0, 0.1) is 0 Å². The Labute approximate surface area is 107 Å². The fraction of sp³-hybridized carbons (Fsp3) is 0.818. The largest absolute Gasteiger partial charge is 0.468 e. The van der Waals surface area contributed by atoms with E-state index in [2.05, 4.69) is 4.74 Å². The lowest BCUT2D eigenvalue weighted by Gasteiger charge is -2.27. The van der Waals surface area contributed by atoms with Gasteiger partial charge in [-0.3, -0.25) is 9.59 Å². The van der Waals surface area contributed by atoms with Crippen molar-refractivity contribution in [2.24, 2.45) is 0 Å². The summed E-state index contributed by atoms with van der Waals surface area (Å²) in [6, 6.07) is -0.395. The first kappa shape index (κ1) is 14.9. The van der Waals surface area contributed by atoms with Gasteiger partial charge in [-0.05, 0) is 12.8 Å². The monoisotopic (exact) mass is 277 g/mol. The Bertz CT molecular complexity index is 417. The Hall–Kier alpha value is -1.11. The fourth-order valence-corrected chi connectivity index (χ4v) is 3.73. The van der Waals surface area contributed by atoms with Gasteiger partial charge in [0.25, 0.3) is 0 Å². The zero-order valence-electron chi connectivity index (χ0n) is 10.7. The van der Waals surface area contributed by atoms with Crippen molar-refractivity contribution in [3.63, 3.8) is 0 Å². The van der Waals surface area contributed by atoms with Crippen LogP contribution in [0.5, 0.6) is 0 Å². The van der Waals surface area contributed by atoms with Crippen molar-refractivity contribution < 1.29 is 22.7 Å². The van der Waals surface area contributed by atoms with Crippen LogP contribution in [-0.2, 0) is 24.2 Å². The van der Waals surface area contributed by atoms with Gasteiger partial charge in [0.15, 0.2) is 9.84 Å². The van der Waals surface area contributed by atoms with E-state index in [-0.39, 0.29) is 24.0 Å². The van der Waals surface area contributed by atoms with Crippen LogP contribution in [-0.4, -0.2) is 56.4 Å². The van der Waals surface area contributed by atoms with E-state index < -0.39 is 21.8 Å². The molecule has 1 aliphatic rings. The van der Waals surface area contributed by atoms with Crippen molar-refractivity contribution in [2.75, 3.05) is 25.2 Å². The Morgan fingerprint density at radius 2 is 2.06 bits per heavy atom. The number of nitrogens with zero attached hydrogens (tertiary/aromatic N) is 1. The lowest BCUT2D eigenvalue weighted by molar-refractivity contribution is -0.148. The van der Waals surface area contributed by atoms with Crippen molar-refractivity contribution in [3.05, 3.63) is 0 Å². The average Bonchev–Trinajstić information content (AvgIpc) is 2.66. The quantitative estimate of drug-likeness (QED) is 0.659. The summed E-state index contributed by atoms with van der Waals surface area (Å²) in [5.74, 6) is -0.692. The molecule has 0 spiro atoms.